The van der Waals surface area contributed by atoms with E-state index >= 15 is 0 Å². The summed E-state index contributed by atoms with van der Waals surface area (Å²) in [6, 6.07) is 7.27. The zero-order valence-electron chi connectivity index (χ0n) is 17.2. The number of aryl methyl sites for hydroxylation is 1. The summed E-state index contributed by atoms with van der Waals surface area (Å²) < 4.78 is 2.20. The molecular formula is C21H28N4O2S. The van der Waals surface area contributed by atoms with Crippen molar-refractivity contribution in [1.29, 1.82) is 0 Å². The third-order valence-corrected chi connectivity index (χ3v) is 5.88. The number of hydrogen-bond donors (Lipinski definition) is 1. The first-order valence-corrected chi connectivity index (χ1v) is 10.6. The van der Waals surface area contributed by atoms with Gasteiger partial charge in [-0.25, -0.2) is 4.98 Å². The van der Waals surface area contributed by atoms with E-state index in [0.717, 1.165) is 28.8 Å². The molecule has 1 aliphatic heterocycles. The lowest BCUT2D eigenvalue weighted by Gasteiger charge is -2.27. The van der Waals surface area contributed by atoms with Crippen LogP contribution in [0.5, 0.6) is 0 Å². The monoisotopic (exact) mass is 400 g/mol. The highest BCUT2D eigenvalue weighted by Gasteiger charge is 2.29. The number of benzene rings is 1. The second kappa shape index (κ2) is 8.39. The van der Waals surface area contributed by atoms with Crippen LogP contribution >= 0.6 is 11.8 Å². The Labute approximate surface area is 170 Å². The molecule has 1 N–H and O–H groups in total. The van der Waals surface area contributed by atoms with Crippen molar-refractivity contribution in [2.45, 2.75) is 58.8 Å². The molecule has 6 nitrogen and oxygen atoms in total. The lowest BCUT2D eigenvalue weighted by molar-refractivity contribution is -0.117. The summed E-state index contributed by atoms with van der Waals surface area (Å²) in [5.74, 6) is 0.690. The van der Waals surface area contributed by atoms with Crippen molar-refractivity contribution >= 4 is 35.0 Å². The number of carbonyl (C=O) groups excluding carboxylic acids is 2. The summed E-state index contributed by atoms with van der Waals surface area (Å²) in [5, 5.41) is 3.77. The van der Waals surface area contributed by atoms with Gasteiger partial charge in [-0.15, -0.1) is 0 Å². The number of fused-ring (bicyclic) bond motifs is 1. The second-order valence-corrected chi connectivity index (χ2v) is 8.68. The Morgan fingerprint density at radius 1 is 1.32 bits per heavy atom. The zero-order chi connectivity index (χ0) is 20.4. The number of anilines is 2. The molecule has 0 saturated carbocycles. The molecule has 1 aromatic heterocycles. The van der Waals surface area contributed by atoms with Gasteiger partial charge >= 0.3 is 0 Å². The van der Waals surface area contributed by atoms with Gasteiger partial charge in [0.15, 0.2) is 5.16 Å². The number of carbonyl (C=O) groups is 2. The fourth-order valence-corrected chi connectivity index (χ4v) is 4.44. The maximum absolute atomic E-state index is 13.2. The average molecular weight is 401 g/mol. The first-order chi connectivity index (χ1) is 13.3. The molecule has 150 valence electrons. The molecular weight excluding hydrogens is 372 g/mol. The summed E-state index contributed by atoms with van der Waals surface area (Å²) in [4.78, 5) is 31.7. The lowest BCUT2D eigenvalue weighted by atomic mass is 10.2. The summed E-state index contributed by atoms with van der Waals surface area (Å²) in [6.45, 7) is 11.2. The van der Waals surface area contributed by atoms with Crippen LogP contribution in [0.4, 0.5) is 11.4 Å². The molecule has 2 amide bonds. The fourth-order valence-electron chi connectivity index (χ4n) is 3.48. The predicted molar refractivity (Wildman–Crippen MR) is 114 cm³/mol. The van der Waals surface area contributed by atoms with E-state index in [2.05, 4.69) is 35.6 Å². The van der Waals surface area contributed by atoms with Crippen LogP contribution in [-0.2, 0) is 16.1 Å². The first-order valence-electron chi connectivity index (χ1n) is 9.65. The molecule has 0 aliphatic carbocycles. The van der Waals surface area contributed by atoms with E-state index in [-0.39, 0.29) is 30.0 Å². The highest BCUT2D eigenvalue weighted by atomic mass is 32.2. The van der Waals surface area contributed by atoms with E-state index in [1.807, 2.05) is 38.1 Å². The summed E-state index contributed by atoms with van der Waals surface area (Å²) in [5.41, 5.74) is 3.58. The molecule has 3 rings (SSSR count). The maximum Gasteiger partial charge on any atom is 0.237 e. The van der Waals surface area contributed by atoms with Gasteiger partial charge in [-0.05, 0) is 38.8 Å². The molecule has 1 atom stereocenters. The molecule has 1 unspecified atom stereocenters. The average Bonchev–Trinajstić information content (AvgIpc) is 2.80. The number of hydrogen-bond acceptors (Lipinski definition) is 4. The largest absolute Gasteiger partial charge is 0.324 e. The molecule has 0 radical (unpaired) electrons. The standard InChI is InChI=1S/C21H28N4O2S/c1-13(2)11-24-16(5)15(4)22-21(24)28-12-20(27)25-14(3)10-19(26)23-17-8-6-7-9-18(17)25/h6-9,13-14H,10-12H2,1-5H3,(H,23,26). The van der Waals surface area contributed by atoms with E-state index in [1.54, 1.807) is 4.90 Å². The van der Waals surface area contributed by atoms with Crippen LogP contribution in [0.1, 0.15) is 38.6 Å². The maximum atomic E-state index is 13.2. The van der Waals surface area contributed by atoms with Crippen LogP contribution in [0.2, 0.25) is 0 Å². The lowest BCUT2D eigenvalue weighted by Crippen LogP contribution is -2.40. The van der Waals surface area contributed by atoms with Crippen LogP contribution in [0, 0.1) is 19.8 Å². The van der Waals surface area contributed by atoms with Crippen molar-refractivity contribution in [2.75, 3.05) is 16.0 Å². The topological polar surface area (TPSA) is 67.2 Å². The van der Waals surface area contributed by atoms with Crippen molar-refractivity contribution in [3.63, 3.8) is 0 Å². The predicted octanol–water partition coefficient (Wildman–Crippen LogP) is 4.01. The fraction of sp³-hybridized carbons (Fsp3) is 0.476. The SMILES string of the molecule is Cc1nc(SCC(=O)N2c3ccccc3NC(=O)CC2C)n(CC(C)C)c1C. The molecule has 1 aliphatic rings. The van der Waals surface area contributed by atoms with Crippen LogP contribution in [-0.4, -0.2) is 33.2 Å². The van der Waals surface area contributed by atoms with Crippen LogP contribution < -0.4 is 10.2 Å². The molecule has 7 heteroatoms. The van der Waals surface area contributed by atoms with Gasteiger partial charge in [0.1, 0.15) is 0 Å². The van der Waals surface area contributed by atoms with E-state index in [4.69, 9.17) is 0 Å². The number of aromatic nitrogens is 2. The Morgan fingerprint density at radius 3 is 2.75 bits per heavy atom. The molecule has 0 spiro atoms. The van der Waals surface area contributed by atoms with Gasteiger partial charge < -0.3 is 14.8 Å². The van der Waals surface area contributed by atoms with E-state index < -0.39 is 0 Å². The number of nitrogens with one attached hydrogen (secondary N) is 1. The molecule has 2 heterocycles. The van der Waals surface area contributed by atoms with Crippen molar-refractivity contribution < 1.29 is 9.59 Å². The number of rotatable bonds is 5. The quantitative estimate of drug-likeness (QED) is 0.770. The number of thioether (sulfide) groups is 1. The van der Waals surface area contributed by atoms with Crippen LogP contribution in [0.25, 0.3) is 0 Å². The number of para-hydroxylation sites is 2. The van der Waals surface area contributed by atoms with E-state index in [1.165, 1.54) is 11.8 Å². The third-order valence-electron chi connectivity index (χ3n) is 4.92. The Kier molecular flexibility index (Phi) is 6.13. The third kappa shape index (κ3) is 4.24. The van der Waals surface area contributed by atoms with Gasteiger partial charge in [0.25, 0.3) is 0 Å². The van der Waals surface area contributed by atoms with Crippen molar-refractivity contribution in [3.8, 4) is 0 Å². The highest BCUT2D eigenvalue weighted by Crippen LogP contribution is 2.32. The molecule has 2 aromatic rings. The van der Waals surface area contributed by atoms with Gasteiger partial charge in [-0.2, -0.15) is 0 Å². The Balaban J connectivity index is 1.82. The first kappa shape index (κ1) is 20.5. The van der Waals surface area contributed by atoms with E-state index in [9.17, 15) is 9.59 Å². The van der Waals surface area contributed by atoms with Gasteiger partial charge in [0.2, 0.25) is 11.8 Å². The van der Waals surface area contributed by atoms with E-state index in [0.29, 0.717) is 11.6 Å². The molecule has 28 heavy (non-hydrogen) atoms. The summed E-state index contributed by atoms with van der Waals surface area (Å²) in [6.07, 6.45) is 0.283. The van der Waals surface area contributed by atoms with Gasteiger partial charge in [-0.3, -0.25) is 9.59 Å². The minimum Gasteiger partial charge on any atom is -0.324 e. The van der Waals surface area contributed by atoms with Gasteiger partial charge in [0.05, 0.1) is 22.8 Å². The number of imidazole rings is 1. The highest BCUT2D eigenvalue weighted by molar-refractivity contribution is 7.99. The summed E-state index contributed by atoms with van der Waals surface area (Å²) >= 11 is 1.47. The normalized spacial score (nSPS) is 16.7. The van der Waals surface area contributed by atoms with Gasteiger partial charge in [-0.1, -0.05) is 37.7 Å². The Hall–Kier alpha value is -2.28. The Bertz CT molecular complexity index is 891. The van der Waals surface area contributed by atoms with Crippen LogP contribution in [0.15, 0.2) is 29.4 Å². The second-order valence-electron chi connectivity index (χ2n) is 7.74. The van der Waals surface area contributed by atoms with Gasteiger partial charge in [0, 0.05) is 24.7 Å². The summed E-state index contributed by atoms with van der Waals surface area (Å²) in [7, 11) is 0. The number of amides is 2. The Morgan fingerprint density at radius 2 is 2.04 bits per heavy atom. The van der Waals surface area contributed by atoms with Crippen LogP contribution in [0.3, 0.4) is 0 Å². The smallest absolute Gasteiger partial charge is 0.237 e. The minimum absolute atomic E-state index is 0.0177. The zero-order valence-corrected chi connectivity index (χ0v) is 18.0. The molecule has 0 saturated heterocycles. The van der Waals surface area contributed by atoms with Crippen molar-refractivity contribution in [1.82, 2.24) is 9.55 Å². The molecule has 0 fully saturated rings. The van der Waals surface area contributed by atoms with Crippen molar-refractivity contribution in [3.05, 3.63) is 35.7 Å². The molecule has 1 aromatic carbocycles. The molecule has 0 bridgehead atoms. The van der Waals surface area contributed by atoms with Crippen molar-refractivity contribution in [2.24, 2.45) is 5.92 Å². The number of nitrogens with zero attached hydrogens (tertiary/aromatic N) is 3. The minimum atomic E-state index is -0.198.